The average molecular weight is 326 g/mol. The van der Waals surface area contributed by atoms with E-state index in [1.165, 1.54) is 18.2 Å². The summed E-state index contributed by atoms with van der Waals surface area (Å²) in [5, 5.41) is 13.9. The molecular weight excluding hydrogens is 315 g/mol. The molecule has 0 saturated heterocycles. The van der Waals surface area contributed by atoms with Gasteiger partial charge in [0.25, 0.3) is 0 Å². The fraction of sp³-hybridized carbons (Fsp3) is 0.273. The molecule has 0 radical (unpaired) electrons. The smallest absolute Gasteiger partial charge is 0.409 e. The van der Waals surface area contributed by atoms with Crippen LogP contribution in [0.4, 0.5) is 18.9 Å². The number of carbonyl (C=O) groups excluding carboxylic acids is 1. The second-order valence-corrected chi connectivity index (χ2v) is 4.27. The minimum atomic E-state index is -4.52. The van der Waals surface area contributed by atoms with Crippen LogP contribution in [0.2, 0.25) is 5.02 Å². The maximum Gasteiger partial charge on any atom is 0.411 e. The zero-order valence-electron chi connectivity index (χ0n) is 10.4. The van der Waals surface area contributed by atoms with Crippen LogP contribution < -0.4 is 11.1 Å². The summed E-state index contributed by atoms with van der Waals surface area (Å²) in [5.41, 5.74) is 5.64. The Morgan fingerprint density at radius 2 is 2.14 bits per heavy atom. The van der Waals surface area contributed by atoms with E-state index in [1.54, 1.807) is 0 Å². The first-order valence-electron chi connectivity index (χ1n) is 5.44. The number of nitrogens with one attached hydrogen (secondary N) is 1. The van der Waals surface area contributed by atoms with Crippen LogP contribution in [-0.2, 0) is 9.53 Å². The molecule has 21 heavy (non-hydrogen) atoms. The van der Waals surface area contributed by atoms with E-state index >= 15 is 0 Å². The number of nitrogens with two attached hydrogens (primary N) is 1. The Balaban J connectivity index is 2.73. The Morgan fingerprint density at radius 1 is 1.48 bits per heavy atom. The largest absolute Gasteiger partial charge is 0.411 e. The zero-order valence-corrected chi connectivity index (χ0v) is 11.2. The molecule has 6 nitrogen and oxygen atoms in total. The molecule has 1 amide bonds. The van der Waals surface area contributed by atoms with Gasteiger partial charge in [-0.15, -0.1) is 0 Å². The van der Waals surface area contributed by atoms with Crippen LogP contribution in [0.5, 0.6) is 0 Å². The Morgan fingerprint density at radius 3 is 2.71 bits per heavy atom. The molecule has 116 valence electrons. The standard InChI is InChI=1S/C11H11ClF3N3O3/c12-6-1-2-7(10(16)18-20)8(3-6)17-9(19)4-21-5-11(13,14)15/h1-3,20H,4-5H2,(H2,16,18)(H,17,19). The van der Waals surface area contributed by atoms with Gasteiger partial charge < -0.3 is 21.0 Å². The molecular formula is C11H11ClF3N3O3. The second-order valence-electron chi connectivity index (χ2n) is 3.83. The van der Waals surface area contributed by atoms with Crippen LogP contribution in [0.25, 0.3) is 0 Å². The minimum Gasteiger partial charge on any atom is -0.409 e. The summed E-state index contributed by atoms with van der Waals surface area (Å²) in [6, 6.07) is 4.12. The van der Waals surface area contributed by atoms with E-state index in [0.29, 0.717) is 0 Å². The molecule has 0 unspecified atom stereocenters. The third kappa shape index (κ3) is 5.88. The van der Waals surface area contributed by atoms with E-state index in [4.69, 9.17) is 22.5 Å². The highest BCUT2D eigenvalue weighted by atomic mass is 35.5. The Bertz CT molecular complexity index is 549. The summed E-state index contributed by atoms with van der Waals surface area (Å²) in [4.78, 5) is 11.5. The molecule has 0 atom stereocenters. The summed E-state index contributed by atoms with van der Waals surface area (Å²) in [6.45, 7) is -2.34. The maximum absolute atomic E-state index is 11.9. The molecule has 10 heteroatoms. The van der Waals surface area contributed by atoms with Crippen molar-refractivity contribution in [3.8, 4) is 0 Å². The highest BCUT2D eigenvalue weighted by Crippen LogP contribution is 2.21. The van der Waals surface area contributed by atoms with Crippen LogP contribution in [0.1, 0.15) is 5.56 Å². The molecule has 0 saturated carbocycles. The fourth-order valence-electron chi connectivity index (χ4n) is 1.34. The molecule has 1 aromatic carbocycles. The van der Waals surface area contributed by atoms with Gasteiger partial charge in [0, 0.05) is 10.6 Å². The molecule has 0 bridgehead atoms. The van der Waals surface area contributed by atoms with E-state index in [1.807, 2.05) is 0 Å². The van der Waals surface area contributed by atoms with E-state index in [-0.39, 0.29) is 22.1 Å². The van der Waals surface area contributed by atoms with Crippen molar-refractivity contribution < 1.29 is 27.9 Å². The molecule has 4 N–H and O–H groups in total. The van der Waals surface area contributed by atoms with Crippen molar-refractivity contribution in [3.63, 3.8) is 0 Å². The lowest BCUT2D eigenvalue weighted by atomic mass is 10.1. The van der Waals surface area contributed by atoms with Gasteiger partial charge in [0.1, 0.15) is 13.2 Å². The third-order valence-electron chi connectivity index (χ3n) is 2.14. The molecule has 1 aromatic rings. The van der Waals surface area contributed by atoms with Crippen molar-refractivity contribution in [2.24, 2.45) is 10.9 Å². The van der Waals surface area contributed by atoms with Crippen molar-refractivity contribution in [2.45, 2.75) is 6.18 Å². The van der Waals surface area contributed by atoms with Gasteiger partial charge in [-0.3, -0.25) is 4.79 Å². The van der Waals surface area contributed by atoms with Crippen LogP contribution in [0.15, 0.2) is 23.4 Å². The number of amides is 1. The van der Waals surface area contributed by atoms with Gasteiger partial charge >= 0.3 is 6.18 Å². The number of oxime groups is 1. The maximum atomic E-state index is 11.9. The molecule has 0 fully saturated rings. The number of carbonyl (C=O) groups is 1. The SMILES string of the molecule is N/C(=N/O)c1ccc(Cl)cc1NC(=O)COCC(F)(F)F. The lowest BCUT2D eigenvalue weighted by Crippen LogP contribution is -2.25. The van der Waals surface area contributed by atoms with Gasteiger partial charge in [0.2, 0.25) is 5.91 Å². The molecule has 0 aliphatic heterocycles. The van der Waals surface area contributed by atoms with Crippen LogP contribution in [-0.4, -0.2) is 36.3 Å². The summed E-state index contributed by atoms with van der Waals surface area (Å²) >= 11 is 5.74. The minimum absolute atomic E-state index is 0.0819. The second kappa shape index (κ2) is 7.14. The number of ether oxygens (including phenoxy) is 1. The van der Waals surface area contributed by atoms with Crippen molar-refractivity contribution in [3.05, 3.63) is 28.8 Å². The Hall–Kier alpha value is -2.00. The number of nitrogens with zero attached hydrogens (tertiary/aromatic N) is 1. The van der Waals surface area contributed by atoms with Crippen LogP contribution in [0, 0.1) is 0 Å². The molecule has 0 aromatic heterocycles. The van der Waals surface area contributed by atoms with Crippen molar-refractivity contribution >= 4 is 29.0 Å². The van der Waals surface area contributed by atoms with Crippen molar-refractivity contribution in [1.82, 2.24) is 0 Å². The van der Waals surface area contributed by atoms with Gasteiger partial charge in [0.05, 0.1) is 5.69 Å². The Labute approximate surface area is 122 Å². The highest BCUT2D eigenvalue weighted by molar-refractivity contribution is 6.31. The van der Waals surface area contributed by atoms with E-state index in [0.717, 1.165) is 0 Å². The summed E-state index contributed by atoms with van der Waals surface area (Å²) in [6.07, 6.45) is -4.52. The number of rotatable bonds is 5. The number of anilines is 1. The average Bonchev–Trinajstić information content (AvgIpc) is 2.36. The number of hydrogen-bond donors (Lipinski definition) is 3. The molecule has 0 heterocycles. The predicted octanol–water partition coefficient (Wildman–Crippen LogP) is 1.95. The lowest BCUT2D eigenvalue weighted by molar-refractivity contribution is -0.174. The lowest BCUT2D eigenvalue weighted by Gasteiger charge is -2.11. The number of amidine groups is 1. The molecule has 0 aliphatic carbocycles. The third-order valence-corrected chi connectivity index (χ3v) is 2.37. The highest BCUT2D eigenvalue weighted by Gasteiger charge is 2.27. The van der Waals surface area contributed by atoms with E-state index in [9.17, 15) is 18.0 Å². The van der Waals surface area contributed by atoms with E-state index in [2.05, 4.69) is 15.2 Å². The number of benzene rings is 1. The number of hydrogen-bond acceptors (Lipinski definition) is 4. The quantitative estimate of drug-likeness (QED) is 0.333. The Kier molecular flexibility index (Phi) is 5.79. The van der Waals surface area contributed by atoms with Crippen molar-refractivity contribution in [2.75, 3.05) is 18.5 Å². The van der Waals surface area contributed by atoms with Crippen LogP contribution in [0.3, 0.4) is 0 Å². The summed E-state index contributed by atoms with van der Waals surface area (Å²) in [7, 11) is 0. The number of alkyl halides is 3. The van der Waals surface area contributed by atoms with Crippen LogP contribution >= 0.6 is 11.6 Å². The number of halogens is 4. The monoisotopic (exact) mass is 325 g/mol. The molecule has 1 rings (SSSR count). The van der Waals surface area contributed by atoms with Gasteiger partial charge in [0.15, 0.2) is 5.84 Å². The van der Waals surface area contributed by atoms with E-state index < -0.39 is 25.3 Å². The summed E-state index contributed by atoms with van der Waals surface area (Å²) < 4.78 is 39.8. The van der Waals surface area contributed by atoms with Gasteiger partial charge in [-0.25, -0.2) is 0 Å². The van der Waals surface area contributed by atoms with Gasteiger partial charge in [-0.1, -0.05) is 16.8 Å². The summed E-state index contributed by atoms with van der Waals surface area (Å²) in [5.74, 6) is -1.13. The first kappa shape index (κ1) is 17.1. The molecule has 0 aliphatic rings. The zero-order chi connectivity index (χ0) is 16.0. The predicted molar refractivity (Wildman–Crippen MR) is 69.5 cm³/mol. The van der Waals surface area contributed by atoms with Gasteiger partial charge in [-0.2, -0.15) is 13.2 Å². The first-order valence-corrected chi connectivity index (χ1v) is 5.82. The van der Waals surface area contributed by atoms with Crippen molar-refractivity contribution in [1.29, 1.82) is 0 Å². The topological polar surface area (TPSA) is 96.9 Å². The fourth-order valence-corrected chi connectivity index (χ4v) is 1.51. The first-order chi connectivity index (χ1) is 9.73. The molecule has 0 spiro atoms. The van der Waals surface area contributed by atoms with Gasteiger partial charge in [-0.05, 0) is 18.2 Å². The normalized spacial score (nSPS) is 12.3.